The molecule has 0 aromatic heterocycles. The normalized spacial score (nSPS) is 11.1. The maximum atomic E-state index is 12.2. The summed E-state index contributed by atoms with van der Waals surface area (Å²) in [6, 6.07) is 25.6. The number of carbonyl (C=O) groups is 2. The van der Waals surface area contributed by atoms with Crippen LogP contribution in [0, 0.1) is 0 Å². The molecular formula is C25H20BrN3O2. The largest absolute Gasteiger partial charge is 0.326 e. The Bertz CT molecular complexity index is 1230. The van der Waals surface area contributed by atoms with E-state index in [4.69, 9.17) is 0 Å². The molecule has 2 amide bonds. The fraction of sp³-hybridized carbons (Fsp3) is 0.0800. The van der Waals surface area contributed by atoms with E-state index in [1.807, 2.05) is 48.5 Å². The number of anilines is 1. The summed E-state index contributed by atoms with van der Waals surface area (Å²) in [5.74, 6) is -0.534. The van der Waals surface area contributed by atoms with Gasteiger partial charge in [-0.3, -0.25) is 9.59 Å². The Morgan fingerprint density at radius 1 is 0.806 bits per heavy atom. The van der Waals surface area contributed by atoms with Crippen LogP contribution in [0.4, 0.5) is 5.69 Å². The van der Waals surface area contributed by atoms with E-state index >= 15 is 0 Å². The Balaban J connectivity index is 1.40. The molecule has 0 aliphatic rings. The van der Waals surface area contributed by atoms with Crippen LogP contribution in [0.25, 0.3) is 21.5 Å². The number of hydrogen-bond donors (Lipinski definition) is 2. The van der Waals surface area contributed by atoms with Gasteiger partial charge in [-0.1, -0.05) is 64.5 Å². The fourth-order valence-electron chi connectivity index (χ4n) is 3.40. The van der Waals surface area contributed by atoms with E-state index in [9.17, 15) is 9.59 Å². The Labute approximate surface area is 188 Å². The maximum Gasteiger partial charge on any atom is 0.240 e. The second-order valence-corrected chi connectivity index (χ2v) is 8.00. The van der Waals surface area contributed by atoms with Crippen molar-refractivity contribution in [3.63, 3.8) is 0 Å². The fourth-order valence-corrected chi connectivity index (χ4v) is 3.66. The number of nitrogens with zero attached hydrogens (tertiary/aromatic N) is 1. The summed E-state index contributed by atoms with van der Waals surface area (Å²) in [6.07, 6.45) is 1.80. The lowest BCUT2D eigenvalue weighted by Gasteiger charge is -2.08. The first-order chi connectivity index (χ1) is 15.1. The van der Waals surface area contributed by atoms with Crippen LogP contribution in [-0.4, -0.2) is 18.0 Å². The van der Waals surface area contributed by atoms with Crippen molar-refractivity contribution in [2.45, 2.75) is 12.8 Å². The molecule has 0 atom stereocenters. The average molecular weight is 474 g/mol. The summed E-state index contributed by atoms with van der Waals surface area (Å²) in [5, 5.41) is 11.3. The number of benzene rings is 4. The molecule has 0 saturated heterocycles. The van der Waals surface area contributed by atoms with Crippen LogP contribution in [0.2, 0.25) is 0 Å². The molecule has 0 unspecified atom stereocenters. The standard InChI is InChI=1S/C25H20BrN3O2/c26-19-9-11-20(12-10-19)28-24(30)13-14-25(31)29-27-16-23-21-7-3-1-5-17(21)15-18-6-2-4-8-22(18)23/h1-12,15-16H,13-14H2,(H,28,30)(H,29,31)/b27-16+. The van der Waals surface area contributed by atoms with E-state index in [0.717, 1.165) is 31.6 Å². The summed E-state index contributed by atoms with van der Waals surface area (Å²) < 4.78 is 0.932. The maximum absolute atomic E-state index is 12.2. The summed E-state index contributed by atoms with van der Waals surface area (Å²) in [7, 11) is 0. The van der Waals surface area contributed by atoms with Crippen LogP contribution in [0.15, 0.2) is 88.4 Å². The Morgan fingerprint density at radius 2 is 1.39 bits per heavy atom. The summed E-state index contributed by atoms with van der Waals surface area (Å²) in [5.41, 5.74) is 4.17. The number of halogens is 1. The van der Waals surface area contributed by atoms with Crippen molar-refractivity contribution in [3.8, 4) is 0 Å². The van der Waals surface area contributed by atoms with E-state index in [1.165, 1.54) is 0 Å². The molecule has 0 spiro atoms. The highest BCUT2D eigenvalue weighted by atomic mass is 79.9. The van der Waals surface area contributed by atoms with Crippen LogP contribution in [-0.2, 0) is 9.59 Å². The molecule has 5 nitrogen and oxygen atoms in total. The average Bonchev–Trinajstić information content (AvgIpc) is 2.79. The number of fused-ring (bicyclic) bond motifs is 2. The van der Waals surface area contributed by atoms with E-state index in [0.29, 0.717) is 5.69 Å². The van der Waals surface area contributed by atoms with Gasteiger partial charge in [0.05, 0.1) is 6.21 Å². The predicted molar refractivity (Wildman–Crippen MR) is 129 cm³/mol. The molecule has 0 aliphatic carbocycles. The van der Waals surface area contributed by atoms with Crippen molar-refractivity contribution in [3.05, 3.63) is 88.9 Å². The van der Waals surface area contributed by atoms with Crippen molar-refractivity contribution in [1.29, 1.82) is 0 Å². The highest BCUT2D eigenvalue weighted by Crippen LogP contribution is 2.27. The smallest absolute Gasteiger partial charge is 0.240 e. The molecule has 0 heterocycles. The van der Waals surface area contributed by atoms with Gasteiger partial charge in [0.15, 0.2) is 0 Å². The van der Waals surface area contributed by atoms with Gasteiger partial charge in [0, 0.05) is 28.6 Å². The summed E-state index contributed by atoms with van der Waals surface area (Å²) >= 11 is 3.35. The monoisotopic (exact) mass is 473 g/mol. The minimum Gasteiger partial charge on any atom is -0.326 e. The van der Waals surface area contributed by atoms with Crippen LogP contribution in [0.5, 0.6) is 0 Å². The van der Waals surface area contributed by atoms with Crippen molar-refractivity contribution < 1.29 is 9.59 Å². The Morgan fingerprint density at radius 3 is 2.03 bits per heavy atom. The van der Waals surface area contributed by atoms with Gasteiger partial charge in [-0.25, -0.2) is 5.43 Å². The van der Waals surface area contributed by atoms with Gasteiger partial charge in [0.2, 0.25) is 11.8 Å². The second kappa shape index (κ2) is 9.53. The minimum absolute atomic E-state index is 0.0516. The van der Waals surface area contributed by atoms with Gasteiger partial charge in [0.25, 0.3) is 0 Å². The summed E-state index contributed by atoms with van der Waals surface area (Å²) in [6.45, 7) is 0. The van der Waals surface area contributed by atoms with Gasteiger partial charge in [-0.15, -0.1) is 0 Å². The molecule has 154 valence electrons. The molecule has 2 N–H and O–H groups in total. The van der Waals surface area contributed by atoms with Crippen LogP contribution in [0.3, 0.4) is 0 Å². The molecule has 4 rings (SSSR count). The lowest BCUT2D eigenvalue weighted by Crippen LogP contribution is -2.20. The number of hydrogen-bond acceptors (Lipinski definition) is 3. The van der Waals surface area contributed by atoms with Gasteiger partial charge >= 0.3 is 0 Å². The van der Waals surface area contributed by atoms with Crippen LogP contribution in [0.1, 0.15) is 18.4 Å². The van der Waals surface area contributed by atoms with Crippen molar-refractivity contribution in [2.75, 3.05) is 5.32 Å². The zero-order valence-corrected chi connectivity index (χ0v) is 18.2. The molecular weight excluding hydrogens is 454 g/mol. The summed E-state index contributed by atoms with van der Waals surface area (Å²) in [4.78, 5) is 24.2. The first-order valence-corrected chi connectivity index (χ1v) is 10.7. The van der Waals surface area contributed by atoms with Gasteiger partial charge in [0.1, 0.15) is 0 Å². The van der Waals surface area contributed by atoms with Gasteiger partial charge < -0.3 is 5.32 Å². The molecule has 4 aromatic rings. The van der Waals surface area contributed by atoms with E-state index in [2.05, 4.69) is 50.0 Å². The number of amides is 2. The zero-order chi connectivity index (χ0) is 21.6. The minimum atomic E-state index is -0.313. The molecule has 4 aromatic carbocycles. The third kappa shape index (κ3) is 5.16. The number of hydrazone groups is 1. The second-order valence-electron chi connectivity index (χ2n) is 7.08. The van der Waals surface area contributed by atoms with Gasteiger partial charge in [-0.05, 0) is 51.9 Å². The molecule has 0 saturated carbocycles. The van der Waals surface area contributed by atoms with Crippen molar-refractivity contribution in [2.24, 2.45) is 5.10 Å². The number of carbonyl (C=O) groups excluding carboxylic acids is 2. The molecule has 31 heavy (non-hydrogen) atoms. The van der Waals surface area contributed by atoms with E-state index < -0.39 is 0 Å². The number of nitrogens with one attached hydrogen (secondary N) is 2. The van der Waals surface area contributed by atoms with Crippen LogP contribution >= 0.6 is 15.9 Å². The van der Waals surface area contributed by atoms with E-state index in [-0.39, 0.29) is 24.7 Å². The first kappa shape index (κ1) is 20.8. The lowest BCUT2D eigenvalue weighted by atomic mass is 9.97. The zero-order valence-electron chi connectivity index (χ0n) is 16.6. The number of rotatable bonds is 6. The van der Waals surface area contributed by atoms with E-state index in [1.54, 1.807) is 18.3 Å². The molecule has 0 fully saturated rings. The molecule has 0 radical (unpaired) electrons. The predicted octanol–water partition coefficient (Wildman–Crippen LogP) is 5.62. The topological polar surface area (TPSA) is 70.6 Å². The Kier molecular flexibility index (Phi) is 6.38. The van der Waals surface area contributed by atoms with Crippen molar-refractivity contribution in [1.82, 2.24) is 5.43 Å². The first-order valence-electron chi connectivity index (χ1n) is 9.88. The third-order valence-corrected chi connectivity index (χ3v) is 5.43. The van der Waals surface area contributed by atoms with Gasteiger partial charge in [-0.2, -0.15) is 5.10 Å². The Hall–Kier alpha value is -3.51. The molecule has 0 aliphatic heterocycles. The quantitative estimate of drug-likeness (QED) is 0.216. The third-order valence-electron chi connectivity index (χ3n) is 4.90. The van der Waals surface area contributed by atoms with Crippen LogP contribution < -0.4 is 10.7 Å². The lowest BCUT2D eigenvalue weighted by molar-refractivity contribution is -0.124. The highest BCUT2D eigenvalue weighted by Gasteiger charge is 2.08. The molecule has 0 bridgehead atoms. The highest BCUT2D eigenvalue weighted by molar-refractivity contribution is 9.10. The SMILES string of the molecule is O=C(CCC(=O)Nc1ccc(Br)cc1)N/N=C/c1c2ccccc2cc2ccccc12. The van der Waals surface area contributed by atoms with Crippen molar-refractivity contribution >= 4 is 61.2 Å². The molecule has 6 heteroatoms.